The molecule has 2 aliphatic heterocycles. The summed E-state index contributed by atoms with van der Waals surface area (Å²) in [5.74, 6) is 1.09. The first kappa shape index (κ1) is 18.9. The van der Waals surface area contributed by atoms with Crippen molar-refractivity contribution in [1.82, 2.24) is 23.7 Å². The minimum Gasteiger partial charge on any atom is -0.454 e. The number of hydrogen-bond donors (Lipinski definition) is 0. The first-order chi connectivity index (χ1) is 14.8. The lowest BCUT2D eigenvalue weighted by Gasteiger charge is -2.19. The quantitative estimate of drug-likeness (QED) is 0.580. The lowest BCUT2D eigenvalue weighted by molar-refractivity contribution is -0.135. The fourth-order valence-corrected chi connectivity index (χ4v) is 3.66. The third-order valence-corrected chi connectivity index (χ3v) is 5.21. The molecule has 12 heteroatoms. The topological polar surface area (TPSA) is 122 Å². The molecule has 1 amide bonds. The average molecular weight is 426 g/mol. The van der Waals surface area contributed by atoms with Gasteiger partial charge in [0.2, 0.25) is 24.8 Å². The van der Waals surface area contributed by atoms with Crippen LogP contribution in [0.5, 0.6) is 11.5 Å². The molecule has 0 unspecified atom stereocenters. The van der Waals surface area contributed by atoms with E-state index in [0.29, 0.717) is 22.7 Å². The Kier molecular flexibility index (Phi) is 4.10. The van der Waals surface area contributed by atoms with Crippen molar-refractivity contribution in [3.63, 3.8) is 0 Å². The van der Waals surface area contributed by atoms with Crippen LogP contribution in [0.15, 0.2) is 39.2 Å². The molecule has 1 aromatic carbocycles. The summed E-state index contributed by atoms with van der Waals surface area (Å²) in [4.78, 5) is 41.0. The number of ether oxygens (including phenoxy) is 3. The Morgan fingerprint density at radius 3 is 2.71 bits per heavy atom. The van der Waals surface area contributed by atoms with E-state index >= 15 is 0 Å². The zero-order valence-electron chi connectivity index (χ0n) is 16.9. The van der Waals surface area contributed by atoms with Gasteiger partial charge >= 0.3 is 5.69 Å². The Bertz CT molecular complexity index is 1380. The Morgan fingerprint density at radius 1 is 1.16 bits per heavy atom. The maximum atomic E-state index is 12.4. The molecule has 3 aromatic rings. The molecule has 0 radical (unpaired) electrons. The molecule has 0 spiro atoms. The zero-order chi connectivity index (χ0) is 21.9. The van der Waals surface area contributed by atoms with Gasteiger partial charge in [-0.2, -0.15) is 5.01 Å². The number of benzene rings is 1. The van der Waals surface area contributed by atoms with Crippen molar-refractivity contribution in [2.24, 2.45) is 19.2 Å². The van der Waals surface area contributed by atoms with Gasteiger partial charge in [0.15, 0.2) is 17.0 Å². The fourth-order valence-electron chi connectivity index (χ4n) is 3.66. The second-order valence-electron chi connectivity index (χ2n) is 7.19. The van der Waals surface area contributed by atoms with Gasteiger partial charge in [-0.05, 0) is 18.2 Å². The van der Waals surface area contributed by atoms with Crippen molar-refractivity contribution < 1.29 is 19.0 Å². The van der Waals surface area contributed by atoms with Crippen LogP contribution >= 0.6 is 0 Å². The summed E-state index contributed by atoms with van der Waals surface area (Å²) >= 11 is 0. The van der Waals surface area contributed by atoms with E-state index in [1.165, 1.54) is 29.9 Å². The van der Waals surface area contributed by atoms with Crippen LogP contribution in [-0.2, 0) is 30.2 Å². The van der Waals surface area contributed by atoms with E-state index in [-0.39, 0.29) is 30.7 Å². The first-order valence-corrected chi connectivity index (χ1v) is 9.39. The Morgan fingerprint density at radius 2 is 1.94 bits per heavy atom. The smallest absolute Gasteiger partial charge is 0.332 e. The number of fused-ring (bicyclic) bond motifs is 2. The maximum absolute atomic E-state index is 12.4. The maximum Gasteiger partial charge on any atom is 0.332 e. The number of carbonyl (C=O) groups is 1. The number of nitrogens with zero attached hydrogens (tertiary/aromatic N) is 6. The van der Waals surface area contributed by atoms with E-state index in [1.54, 1.807) is 29.8 Å². The van der Waals surface area contributed by atoms with Crippen molar-refractivity contribution in [3.8, 4) is 11.5 Å². The number of imidazole rings is 1. The van der Waals surface area contributed by atoms with E-state index in [4.69, 9.17) is 14.2 Å². The van der Waals surface area contributed by atoms with Crippen LogP contribution < -0.4 is 20.7 Å². The van der Waals surface area contributed by atoms with E-state index in [9.17, 15) is 14.4 Å². The van der Waals surface area contributed by atoms with Crippen molar-refractivity contribution in [2.45, 2.75) is 19.7 Å². The van der Waals surface area contributed by atoms with Gasteiger partial charge in [0, 0.05) is 26.6 Å². The van der Waals surface area contributed by atoms with Crippen molar-refractivity contribution >= 4 is 23.0 Å². The first-order valence-electron chi connectivity index (χ1n) is 9.39. The van der Waals surface area contributed by atoms with Crippen molar-refractivity contribution in [2.75, 3.05) is 6.79 Å². The second-order valence-corrected chi connectivity index (χ2v) is 7.19. The number of hydrazone groups is 1. The van der Waals surface area contributed by atoms with Gasteiger partial charge in [0.1, 0.15) is 12.2 Å². The van der Waals surface area contributed by atoms with E-state index in [1.807, 2.05) is 0 Å². The number of hydrogen-bond acceptors (Lipinski definition) is 8. The van der Waals surface area contributed by atoms with Gasteiger partial charge in [0.25, 0.3) is 5.56 Å². The lowest BCUT2D eigenvalue weighted by atomic mass is 10.1. The van der Waals surface area contributed by atoms with Gasteiger partial charge < -0.3 is 18.8 Å². The number of amides is 1. The summed E-state index contributed by atoms with van der Waals surface area (Å²) < 4.78 is 20.6. The molecule has 2 aromatic heterocycles. The minimum absolute atomic E-state index is 0.0712. The largest absolute Gasteiger partial charge is 0.454 e. The average Bonchev–Trinajstić information content (AvgIpc) is 3.48. The van der Waals surface area contributed by atoms with Gasteiger partial charge in [-0.15, -0.1) is 5.10 Å². The van der Waals surface area contributed by atoms with Crippen molar-refractivity contribution in [1.29, 1.82) is 0 Å². The molecule has 0 fully saturated rings. The molecule has 2 aliphatic rings. The molecule has 0 saturated carbocycles. The van der Waals surface area contributed by atoms with E-state index in [2.05, 4.69) is 10.1 Å². The predicted molar refractivity (Wildman–Crippen MR) is 107 cm³/mol. The van der Waals surface area contributed by atoms with Crippen LogP contribution in [0.2, 0.25) is 0 Å². The third kappa shape index (κ3) is 2.86. The summed E-state index contributed by atoms with van der Waals surface area (Å²) in [5.41, 5.74) is 0.182. The molecule has 5 rings (SSSR count). The highest BCUT2D eigenvalue weighted by Gasteiger charge is 2.34. The highest BCUT2D eigenvalue weighted by molar-refractivity contribution is 5.83. The SMILES string of the molecule is CC(=O)N1N=C(Cn2cnc3c(=O)n(C)c(=O)n(C)c32)O[C@H]1c1ccc2c(c1)OCO2. The van der Waals surface area contributed by atoms with Gasteiger partial charge in [-0.3, -0.25) is 18.7 Å². The molecule has 0 bridgehead atoms. The van der Waals surface area contributed by atoms with Crippen molar-refractivity contribution in [3.05, 3.63) is 50.9 Å². The van der Waals surface area contributed by atoms with Crippen LogP contribution in [0.3, 0.4) is 0 Å². The summed E-state index contributed by atoms with van der Waals surface area (Å²) in [6.07, 6.45) is 0.650. The second kappa shape index (κ2) is 6.72. The van der Waals surface area contributed by atoms with Crippen LogP contribution in [0.1, 0.15) is 18.7 Å². The summed E-state index contributed by atoms with van der Waals surface area (Å²) in [7, 11) is 2.95. The number of aromatic nitrogens is 4. The molecule has 160 valence electrons. The van der Waals surface area contributed by atoms with Crippen LogP contribution in [-0.4, -0.2) is 42.3 Å². The molecular formula is C19H18N6O6. The number of aryl methyl sites for hydroxylation is 1. The Hall–Kier alpha value is -4.09. The fraction of sp³-hybridized carbons (Fsp3) is 0.316. The molecule has 4 heterocycles. The normalized spacial score (nSPS) is 17.2. The highest BCUT2D eigenvalue weighted by Crippen LogP contribution is 2.37. The van der Waals surface area contributed by atoms with Crippen LogP contribution in [0.4, 0.5) is 0 Å². The summed E-state index contributed by atoms with van der Waals surface area (Å²) in [5, 5.41) is 5.53. The monoisotopic (exact) mass is 426 g/mol. The molecule has 0 aliphatic carbocycles. The van der Waals surface area contributed by atoms with E-state index in [0.717, 1.165) is 4.57 Å². The number of carbonyl (C=O) groups excluding carboxylic acids is 1. The highest BCUT2D eigenvalue weighted by atomic mass is 16.7. The zero-order valence-corrected chi connectivity index (χ0v) is 16.9. The Balaban J connectivity index is 1.49. The third-order valence-electron chi connectivity index (χ3n) is 5.21. The van der Waals surface area contributed by atoms with E-state index < -0.39 is 17.5 Å². The summed E-state index contributed by atoms with van der Waals surface area (Å²) in [6.45, 7) is 1.59. The minimum atomic E-state index is -0.784. The molecule has 12 nitrogen and oxygen atoms in total. The van der Waals surface area contributed by atoms with Gasteiger partial charge in [0.05, 0.1) is 6.33 Å². The molecule has 1 atom stereocenters. The van der Waals surface area contributed by atoms with Gasteiger partial charge in [-0.25, -0.2) is 9.78 Å². The molecule has 0 saturated heterocycles. The molecular weight excluding hydrogens is 408 g/mol. The molecule has 31 heavy (non-hydrogen) atoms. The summed E-state index contributed by atoms with van der Waals surface area (Å²) in [6, 6.07) is 5.25. The van der Waals surface area contributed by atoms with Crippen LogP contribution in [0, 0.1) is 0 Å². The van der Waals surface area contributed by atoms with Gasteiger partial charge in [-0.1, -0.05) is 0 Å². The standard InChI is InChI=1S/C19H18N6O6/c1-10(26)25-18(11-4-5-12-13(6-11)30-9-29-12)31-14(21-25)7-24-8-20-15-16(24)22(2)19(28)23(3)17(15)27/h4-6,8,18H,7,9H2,1-3H3/t18-/m0/s1. The lowest BCUT2D eigenvalue weighted by Crippen LogP contribution is -2.37. The Labute approximate surface area is 174 Å². The van der Waals surface area contributed by atoms with Crippen LogP contribution in [0.25, 0.3) is 11.2 Å². The predicted octanol–water partition coefficient (Wildman–Crippen LogP) is 0.0534. The number of rotatable bonds is 3. The molecule has 0 N–H and O–H groups in total.